The Morgan fingerprint density at radius 2 is 1.80 bits per heavy atom. The van der Waals surface area contributed by atoms with E-state index >= 15 is 0 Å². The summed E-state index contributed by atoms with van der Waals surface area (Å²) < 4.78 is 7.63. The van der Waals surface area contributed by atoms with Gasteiger partial charge in [0.15, 0.2) is 5.65 Å². The molecule has 0 aliphatic carbocycles. The van der Waals surface area contributed by atoms with Crippen LogP contribution in [0.2, 0.25) is 5.02 Å². The second-order valence-corrected chi connectivity index (χ2v) is 6.23. The summed E-state index contributed by atoms with van der Waals surface area (Å²) in [6.45, 7) is 3.99. The van der Waals surface area contributed by atoms with E-state index in [1.165, 1.54) is 11.9 Å². The van der Waals surface area contributed by atoms with Crippen LogP contribution in [0.4, 0.5) is 0 Å². The molecular formula is C19H15ClN4O. The van der Waals surface area contributed by atoms with Crippen LogP contribution in [0.1, 0.15) is 11.1 Å². The second kappa shape index (κ2) is 6.18. The number of ether oxygens (including phenoxy) is 1. The summed E-state index contributed by atoms with van der Waals surface area (Å²) in [4.78, 5) is 8.60. The van der Waals surface area contributed by atoms with Crippen molar-refractivity contribution in [2.45, 2.75) is 13.8 Å². The van der Waals surface area contributed by atoms with Crippen LogP contribution < -0.4 is 4.74 Å². The summed E-state index contributed by atoms with van der Waals surface area (Å²) in [6, 6.07) is 13.6. The summed E-state index contributed by atoms with van der Waals surface area (Å²) in [7, 11) is 0. The molecular weight excluding hydrogens is 336 g/mol. The van der Waals surface area contributed by atoms with Gasteiger partial charge in [0.2, 0.25) is 5.88 Å². The number of halogens is 1. The standard InChI is InChI=1S/C19H15ClN4O/c1-12-3-7-15(8-4-12)25-19-16-10-23-24(18(16)21-11-22-19)14-6-5-13(2)17(20)9-14/h3-11H,1-2H3. The molecule has 0 radical (unpaired) electrons. The molecule has 0 fully saturated rings. The number of hydrogen-bond donors (Lipinski definition) is 0. The SMILES string of the molecule is Cc1ccc(Oc2ncnc3c2cnn3-c2ccc(C)c(Cl)c2)cc1. The third-order valence-electron chi connectivity index (χ3n) is 3.96. The van der Waals surface area contributed by atoms with Crippen LogP contribution in [0.5, 0.6) is 11.6 Å². The Labute approximate surface area is 149 Å². The topological polar surface area (TPSA) is 52.8 Å². The van der Waals surface area contributed by atoms with Gasteiger partial charge >= 0.3 is 0 Å². The van der Waals surface area contributed by atoms with Crippen molar-refractivity contribution in [3.8, 4) is 17.3 Å². The van der Waals surface area contributed by atoms with Gasteiger partial charge in [0.1, 0.15) is 17.5 Å². The monoisotopic (exact) mass is 350 g/mol. The third kappa shape index (κ3) is 2.94. The Morgan fingerprint density at radius 1 is 1.00 bits per heavy atom. The van der Waals surface area contributed by atoms with Crippen LogP contribution in [0.25, 0.3) is 16.7 Å². The van der Waals surface area contributed by atoms with E-state index < -0.39 is 0 Å². The molecule has 0 spiro atoms. The molecule has 0 aliphatic rings. The van der Waals surface area contributed by atoms with Crippen LogP contribution in [0.3, 0.4) is 0 Å². The van der Waals surface area contributed by atoms with Crippen LogP contribution >= 0.6 is 11.6 Å². The first kappa shape index (κ1) is 15.6. The Morgan fingerprint density at radius 3 is 2.56 bits per heavy atom. The van der Waals surface area contributed by atoms with Gasteiger partial charge in [0.25, 0.3) is 0 Å². The molecule has 0 saturated heterocycles. The Hall–Kier alpha value is -2.92. The van der Waals surface area contributed by atoms with Gasteiger partial charge in [0.05, 0.1) is 11.9 Å². The molecule has 0 bridgehead atoms. The zero-order valence-electron chi connectivity index (χ0n) is 13.8. The van der Waals surface area contributed by atoms with Crippen LogP contribution in [0.15, 0.2) is 55.0 Å². The highest BCUT2D eigenvalue weighted by molar-refractivity contribution is 6.31. The summed E-state index contributed by atoms with van der Waals surface area (Å²) in [5.41, 5.74) is 3.69. The summed E-state index contributed by atoms with van der Waals surface area (Å²) in [5.74, 6) is 1.19. The first-order valence-electron chi connectivity index (χ1n) is 7.81. The van der Waals surface area contributed by atoms with Crippen molar-refractivity contribution in [1.82, 2.24) is 19.7 Å². The lowest BCUT2D eigenvalue weighted by Crippen LogP contribution is -1.98. The predicted octanol–water partition coefficient (Wildman–Crippen LogP) is 4.88. The van der Waals surface area contributed by atoms with Gasteiger partial charge in [-0.2, -0.15) is 5.10 Å². The number of aryl methyl sites for hydroxylation is 2. The molecule has 5 nitrogen and oxygen atoms in total. The van der Waals surface area contributed by atoms with Crippen molar-refractivity contribution in [3.05, 3.63) is 71.1 Å². The summed E-state index contributed by atoms with van der Waals surface area (Å²) >= 11 is 6.23. The van der Waals surface area contributed by atoms with Crippen LogP contribution in [-0.4, -0.2) is 19.7 Å². The first-order chi connectivity index (χ1) is 12.1. The van der Waals surface area contributed by atoms with Gasteiger partial charge in [-0.1, -0.05) is 35.4 Å². The molecule has 0 unspecified atom stereocenters. The highest BCUT2D eigenvalue weighted by Crippen LogP contribution is 2.28. The molecule has 0 atom stereocenters. The van der Waals surface area contributed by atoms with E-state index in [-0.39, 0.29) is 0 Å². The molecule has 25 heavy (non-hydrogen) atoms. The summed E-state index contributed by atoms with van der Waals surface area (Å²) in [5, 5.41) is 5.85. The number of aromatic nitrogens is 4. The van der Waals surface area contributed by atoms with E-state index in [1.54, 1.807) is 10.9 Å². The van der Waals surface area contributed by atoms with Gasteiger partial charge in [-0.3, -0.25) is 0 Å². The molecule has 0 aliphatic heterocycles. The van der Waals surface area contributed by atoms with Crippen LogP contribution in [0, 0.1) is 13.8 Å². The fourth-order valence-electron chi connectivity index (χ4n) is 2.52. The molecule has 4 rings (SSSR count). The van der Waals surface area contributed by atoms with E-state index in [2.05, 4.69) is 15.1 Å². The van der Waals surface area contributed by atoms with Crippen molar-refractivity contribution in [3.63, 3.8) is 0 Å². The minimum absolute atomic E-state index is 0.471. The fraction of sp³-hybridized carbons (Fsp3) is 0.105. The zero-order valence-corrected chi connectivity index (χ0v) is 14.5. The highest BCUT2D eigenvalue weighted by Gasteiger charge is 2.13. The normalized spacial score (nSPS) is 11.0. The Balaban J connectivity index is 1.77. The van der Waals surface area contributed by atoms with Gasteiger partial charge in [-0.05, 0) is 43.7 Å². The maximum absolute atomic E-state index is 6.23. The average Bonchev–Trinajstić information content (AvgIpc) is 3.04. The van der Waals surface area contributed by atoms with E-state index in [9.17, 15) is 0 Å². The number of rotatable bonds is 3. The van der Waals surface area contributed by atoms with Gasteiger partial charge in [-0.25, -0.2) is 14.6 Å². The average molecular weight is 351 g/mol. The molecule has 2 heterocycles. The maximum atomic E-state index is 6.23. The number of nitrogens with zero attached hydrogens (tertiary/aromatic N) is 4. The molecule has 4 aromatic rings. The molecule has 0 N–H and O–H groups in total. The maximum Gasteiger partial charge on any atom is 0.233 e. The molecule has 124 valence electrons. The first-order valence-corrected chi connectivity index (χ1v) is 8.19. The smallest absolute Gasteiger partial charge is 0.233 e. The van der Waals surface area contributed by atoms with Gasteiger partial charge in [0, 0.05) is 5.02 Å². The van der Waals surface area contributed by atoms with Crippen molar-refractivity contribution < 1.29 is 4.74 Å². The van der Waals surface area contributed by atoms with E-state index in [0.29, 0.717) is 16.5 Å². The largest absolute Gasteiger partial charge is 0.438 e. The Kier molecular flexibility index (Phi) is 3.86. The van der Waals surface area contributed by atoms with Gasteiger partial charge in [-0.15, -0.1) is 0 Å². The molecule has 0 amide bonds. The van der Waals surface area contributed by atoms with E-state index in [4.69, 9.17) is 16.3 Å². The fourth-order valence-corrected chi connectivity index (χ4v) is 2.70. The van der Waals surface area contributed by atoms with Crippen molar-refractivity contribution in [1.29, 1.82) is 0 Å². The summed E-state index contributed by atoms with van der Waals surface area (Å²) in [6.07, 6.45) is 3.17. The van der Waals surface area contributed by atoms with Gasteiger partial charge < -0.3 is 4.74 Å². The van der Waals surface area contributed by atoms with Crippen molar-refractivity contribution in [2.75, 3.05) is 0 Å². The minimum Gasteiger partial charge on any atom is -0.438 e. The lowest BCUT2D eigenvalue weighted by atomic mass is 10.2. The lowest BCUT2D eigenvalue weighted by Gasteiger charge is -2.07. The minimum atomic E-state index is 0.471. The predicted molar refractivity (Wildman–Crippen MR) is 97.7 cm³/mol. The quantitative estimate of drug-likeness (QED) is 0.528. The van der Waals surface area contributed by atoms with Crippen molar-refractivity contribution in [2.24, 2.45) is 0 Å². The number of benzene rings is 2. The molecule has 2 aromatic heterocycles. The lowest BCUT2D eigenvalue weighted by molar-refractivity contribution is 0.468. The molecule has 2 aromatic carbocycles. The number of hydrogen-bond acceptors (Lipinski definition) is 4. The Bertz CT molecular complexity index is 1060. The second-order valence-electron chi connectivity index (χ2n) is 5.82. The van der Waals surface area contributed by atoms with Crippen LogP contribution in [-0.2, 0) is 0 Å². The van der Waals surface area contributed by atoms with E-state index in [1.807, 2.05) is 56.3 Å². The van der Waals surface area contributed by atoms with Crippen molar-refractivity contribution >= 4 is 22.6 Å². The van der Waals surface area contributed by atoms with E-state index in [0.717, 1.165) is 22.4 Å². The highest BCUT2D eigenvalue weighted by atomic mass is 35.5. The number of fused-ring (bicyclic) bond motifs is 1. The molecule has 0 saturated carbocycles. The molecule has 6 heteroatoms. The third-order valence-corrected chi connectivity index (χ3v) is 4.37. The zero-order chi connectivity index (χ0) is 17.4.